The smallest absolute Gasteiger partial charge is 0.166 e. The van der Waals surface area contributed by atoms with Crippen LogP contribution in [0.1, 0.15) is 25.7 Å². The molecule has 0 saturated carbocycles. The summed E-state index contributed by atoms with van der Waals surface area (Å²) in [6, 6.07) is 0.627. The summed E-state index contributed by atoms with van der Waals surface area (Å²) in [5.41, 5.74) is 0. The highest BCUT2D eigenvalue weighted by atomic mass is 32.1. The van der Waals surface area contributed by atoms with Crippen molar-refractivity contribution in [3.63, 3.8) is 0 Å². The predicted octanol–water partition coefficient (Wildman–Crippen LogP) is 0.971. The van der Waals surface area contributed by atoms with E-state index in [0.29, 0.717) is 6.04 Å². The summed E-state index contributed by atoms with van der Waals surface area (Å²) < 4.78 is 4.98. The largest absolute Gasteiger partial charge is 0.385 e. The van der Waals surface area contributed by atoms with Gasteiger partial charge in [-0.25, -0.2) is 0 Å². The van der Waals surface area contributed by atoms with Crippen molar-refractivity contribution >= 4 is 17.3 Å². The van der Waals surface area contributed by atoms with E-state index in [1.807, 2.05) is 0 Å². The number of hydrogen-bond acceptors (Lipinski definition) is 3. The number of likely N-dealkylation sites (N-methyl/N-ethyl adjacent to an activating group) is 1. The summed E-state index contributed by atoms with van der Waals surface area (Å²) >= 11 is 5.23. The van der Waals surface area contributed by atoms with Crippen LogP contribution in [0, 0.1) is 0 Å². The molecule has 0 bridgehead atoms. The van der Waals surface area contributed by atoms with E-state index in [0.717, 1.165) is 31.2 Å². The van der Waals surface area contributed by atoms with Crippen LogP contribution in [0.15, 0.2) is 0 Å². The number of likely N-dealkylation sites (tertiary alicyclic amines) is 1. The number of rotatable bonds is 6. The van der Waals surface area contributed by atoms with Gasteiger partial charge in [0.25, 0.3) is 0 Å². The Morgan fingerprint density at radius 2 is 2.24 bits per heavy atom. The molecule has 17 heavy (non-hydrogen) atoms. The Morgan fingerprint density at radius 1 is 1.41 bits per heavy atom. The highest BCUT2D eigenvalue weighted by molar-refractivity contribution is 7.80. The average Bonchev–Trinajstić information content (AvgIpc) is 2.34. The zero-order valence-corrected chi connectivity index (χ0v) is 11.8. The molecule has 0 radical (unpaired) electrons. The molecule has 1 aliphatic heterocycles. The second-order valence-electron chi connectivity index (χ2n) is 4.61. The van der Waals surface area contributed by atoms with Crippen LogP contribution in [-0.4, -0.2) is 56.5 Å². The molecule has 1 fully saturated rings. The number of hydrogen-bond donors (Lipinski definition) is 2. The number of ether oxygens (including phenoxy) is 1. The van der Waals surface area contributed by atoms with Crippen LogP contribution in [0.2, 0.25) is 0 Å². The summed E-state index contributed by atoms with van der Waals surface area (Å²) in [4.78, 5) is 2.42. The Morgan fingerprint density at radius 3 is 2.94 bits per heavy atom. The minimum absolute atomic E-state index is 0.627. The number of nitrogens with zero attached hydrogens (tertiary/aromatic N) is 1. The molecule has 5 heteroatoms. The maximum Gasteiger partial charge on any atom is 0.166 e. The monoisotopic (exact) mass is 259 g/mol. The molecule has 0 aliphatic carbocycles. The molecule has 4 nitrogen and oxygen atoms in total. The van der Waals surface area contributed by atoms with E-state index < -0.39 is 0 Å². The molecule has 100 valence electrons. The number of thiocarbonyl (C=S) groups is 1. The van der Waals surface area contributed by atoms with Crippen molar-refractivity contribution in [3.8, 4) is 0 Å². The average molecular weight is 259 g/mol. The normalized spacial score (nSPS) is 21.2. The van der Waals surface area contributed by atoms with E-state index in [4.69, 9.17) is 17.0 Å². The zero-order chi connectivity index (χ0) is 12.5. The van der Waals surface area contributed by atoms with E-state index in [9.17, 15) is 0 Å². The highest BCUT2D eigenvalue weighted by Crippen LogP contribution is 2.13. The summed E-state index contributed by atoms with van der Waals surface area (Å²) in [7, 11) is 3.91. The summed E-state index contributed by atoms with van der Waals surface area (Å²) in [5, 5.41) is 7.26. The van der Waals surface area contributed by atoms with Gasteiger partial charge in [-0.05, 0) is 45.1 Å². The first-order chi connectivity index (χ1) is 8.24. The van der Waals surface area contributed by atoms with Gasteiger partial charge in [-0.2, -0.15) is 0 Å². The Labute approximate surface area is 110 Å². The molecule has 1 unspecified atom stereocenters. The Hall–Kier alpha value is -0.390. The van der Waals surface area contributed by atoms with Crippen LogP contribution in [0.5, 0.6) is 0 Å². The number of methoxy groups -OCH3 is 1. The first kappa shape index (κ1) is 14.7. The molecule has 1 aliphatic rings. The van der Waals surface area contributed by atoms with Crippen LogP contribution >= 0.6 is 12.2 Å². The van der Waals surface area contributed by atoms with Crippen molar-refractivity contribution < 1.29 is 4.74 Å². The molecule has 0 spiro atoms. The molecule has 0 amide bonds. The van der Waals surface area contributed by atoms with Crippen molar-refractivity contribution in [2.75, 3.05) is 40.4 Å². The van der Waals surface area contributed by atoms with Gasteiger partial charge in [0.15, 0.2) is 5.11 Å². The molecule has 1 atom stereocenters. The lowest BCUT2D eigenvalue weighted by Gasteiger charge is -2.32. The quantitative estimate of drug-likeness (QED) is 0.549. The van der Waals surface area contributed by atoms with Crippen LogP contribution in [0.4, 0.5) is 0 Å². The van der Waals surface area contributed by atoms with Gasteiger partial charge in [-0.15, -0.1) is 0 Å². The van der Waals surface area contributed by atoms with Gasteiger partial charge < -0.3 is 20.3 Å². The van der Waals surface area contributed by atoms with Crippen LogP contribution in [0.3, 0.4) is 0 Å². The topological polar surface area (TPSA) is 36.5 Å². The van der Waals surface area contributed by atoms with E-state index in [-0.39, 0.29) is 0 Å². The molecule has 1 rings (SSSR count). The van der Waals surface area contributed by atoms with Gasteiger partial charge in [0.1, 0.15) is 0 Å². The van der Waals surface area contributed by atoms with Crippen LogP contribution < -0.4 is 10.6 Å². The van der Waals surface area contributed by atoms with E-state index >= 15 is 0 Å². The Kier molecular flexibility index (Phi) is 7.48. The highest BCUT2D eigenvalue weighted by Gasteiger charge is 2.18. The summed E-state index contributed by atoms with van der Waals surface area (Å²) in [6.07, 6.45) is 4.93. The Balaban J connectivity index is 2.06. The fourth-order valence-electron chi connectivity index (χ4n) is 2.09. The number of nitrogens with one attached hydrogen (secondary N) is 2. The van der Waals surface area contributed by atoms with Crippen molar-refractivity contribution in [1.82, 2.24) is 15.5 Å². The van der Waals surface area contributed by atoms with Crippen molar-refractivity contribution in [3.05, 3.63) is 0 Å². The molecule has 2 N–H and O–H groups in total. The van der Waals surface area contributed by atoms with Crippen molar-refractivity contribution in [1.29, 1.82) is 0 Å². The standard InChI is InChI=1S/C12H25N3OS/c1-15-8-4-3-6-11(15)10-14-12(17)13-7-5-9-16-2/h11H,3-10H2,1-2H3,(H2,13,14,17). The maximum absolute atomic E-state index is 5.23. The van der Waals surface area contributed by atoms with Gasteiger partial charge in [0.05, 0.1) is 0 Å². The second kappa shape index (κ2) is 8.66. The SMILES string of the molecule is COCCCNC(=S)NCC1CCCCN1C. The minimum atomic E-state index is 0.627. The fourth-order valence-corrected chi connectivity index (χ4v) is 2.28. The van der Waals surface area contributed by atoms with E-state index in [2.05, 4.69) is 22.6 Å². The molecular weight excluding hydrogens is 234 g/mol. The maximum atomic E-state index is 5.23. The third-order valence-electron chi connectivity index (χ3n) is 3.23. The van der Waals surface area contributed by atoms with Crippen LogP contribution in [0.25, 0.3) is 0 Å². The third-order valence-corrected chi connectivity index (χ3v) is 3.52. The fraction of sp³-hybridized carbons (Fsp3) is 0.917. The molecular formula is C12H25N3OS. The Bertz CT molecular complexity index is 226. The van der Waals surface area contributed by atoms with E-state index in [1.165, 1.54) is 25.8 Å². The predicted molar refractivity (Wildman–Crippen MR) is 75.4 cm³/mol. The molecule has 0 aromatic heterocycles. The van der Waals surface area contributed by atoms with Gasteiger partial charge >= 0.3 is 0 Å². The lowest BCUT2D eigenvalue weighted by atomic mass is 10.0. The van der Waals surface area contributed by atoms with E-state index in [1.54, 1.807) is 7.11 Å². The lowest BCUT2D eigenvalue weighted by molar-refractivity contribution is 0.186. The minimum Gasteiger partial charge on any atom is -0.385 e. The second-order valence-corrected chi connectivity index (χ2v) is 5.02. The third kappa shape index (κ3) is 6.19. The molecule has 1 saturated heterocycles. The van der Waals surface area contributed by atoms with Crippen molar-refractivity contribution in [2.45, 2.75) is 31.7 Å². The van der Waals surface area contributed by atoms with Gasteiger partial charge in [0.2, 0.25) is 0 Å². The van der Waals surface area contributed by atoms with Gasteiger partial charge in [0, 0.05) is 32.8 Å². The summed E-state index contributed by atoms with van der Waals surface area (Å²) in [6.45, 7) is 3.81. The molecule has 0 aromatic carbocycles. The number of piperidine rings is 1. The van der Waals surface area contributed by atoms with Crippen LogP contribution in [-0.2, 0) is 4.74 Å². The van der Waals surface area contributed by atoms with Gasteiger partial charge in [-0.1, -0.05) is 6.42 Å². The molecule has 0 aromatic rings. The molecule has 1 heterocycles. The summed E-state index contributed by atoms with van der Waals surface area (Å²) in [5.74, 6) is 0. The van der Waals surface area contributed by atoms with Gasteiger partial charge in [-0.3, -0.25) is 0 Å². The first-order valence-corrected chi connectivity index (χ1v) is 6.85. The zero-order valence-electron chi connectivity index (χ0n) is 11.0. The lowest BCUT2D eigenvalue weighted by Crippen LogP contribution is -2.47. The first-order valence-electron chi connectivity index (χ1n) is 6.45. The van der Waals surface area contributed by atoms with Crippen molar-refractivity contribution in [2.24, 2.45) is 0 Å².